The molecule has 2 aliphatic heterocycles. The second kappa shape index (κ2) is 7.81. The molecule has 0 spiro atoms. The molecule has 5 nitrogen and oxygen atoms in total. The zero-order valence-corrected chi connectivity index (χ0v) is 13.7. The minimum atomic E-state index is -0.725. The van der Waals surface area contributed by atoms with Crippen molar-refractivity contribution in [3.05, 3.63) is 50.0 Å². The maximum atomic E-state index is 6.50. The maximum Gasteiger partial charge on any atom is 0.152 e. The van der Waals surface area contributed by atoms with E-state index in [4.69, 9.17) is 23.7 Å². The van der Waals surface area contributed by atoms with Crippen molar-refractivity contribution in [3.8, 4) is 0 Å². The summed E-state index contributed by atoms with van der Waals surface area (Å²) < 4.78 is 28.9. The van der Waals surface area contributed by atoms with Gasteiger partial charge in [-0.1, -0.05) is 25.3 Å². The number of hydrogen-bond acceptors (Lipinski definition) is 5. The second-order valence-electron chi connectivity index (χ2n) is 5.74. The predicted molar refractivity (Wildman–Crippen MR) is 88.0 cm³/mol. The van der Waals surface area contributed by atoms with Gasteiger partial charge in [0, 0.05) is 12.8 Å². The monoisotopic (exact) mass is 322 g/mol. The summed E-state index contributed by atoms with van der Waals surface area (Å²) in [6.45, 7) is 18.0. The maximum absolute atomic E-state index is 6.50. The zero-order chi connectivity index (χ0) is 16.8. The van der Waals surface area contributed by atoms with Gasteiger partial charge in [0.1, 0.15) is 11.5 Å². The normalized spacial score (nSPS) is 30.1. The molecule has 0 bridgehead atoms. The Labute approximate surface area is 138 Å². The molecule has 2 saturated heterocycles. The quantitative estimate of drug-likeness (QED) is 0.457. The van der Waals surface area contributed by atoms with Crippen LogP contribution in [0.1, 0.15) is 12.8 Å². The summed E-state index contributed by atoms with van der Waals surface area (Å²) in [7, 11) is 0. The van der Waals surface area contributed by atoms with E-state index in [1.54, 1.807) is 12.2 Å². The Hall–Kier alpha value is -1.56. The molecule has 128 valence electrons. The molecule has 2 rings (SSSR count). The first-order chi connectivity index (χ1) is 11.1. The summed E-state index contributed by atoms with van der Waals surface area (Å²) in [6.07, 6.45) is 4.73. The van der Waals surface area contributed by atoms with Crippen molar-refractivity contribution in [2.45, 2.75) is 24.0 Å². The summed E-state index contributed by atoms with van der Waals surface area (Å²) in [6, 6.07) is 0. The standard InChI is InChI=1S/C18H26O5/c1-5-9-19-13-17(7-11-21-15(17)3)23-18(14-20-10-6-2)8-12-22-16(18)4/h5-6H,1-4,7-14H2. The van der Waals surface area contributed by atoms with Gasteiger partial charge in [0.2, 0.25) is 0 Å². The lowest BCUT2D eigenvalue weighted by molar-refractivity contribution is -0.168. The van der Waals surface area contributed by atoms with Gasteiger partial charge >= 0.3 is 0 Å². The van der Waals surface area contributed by atoms with Gasteiger partial charge in [0.15, 0.2) is 11.2 Å². The van der Waals surface area contributed by atoms with Crippen LogP contribution in [0.2, 0.25) is 0 Å². The molecule has 0 aromatic rings. The van der Waals surface area contributed by atoms with E-state index >= 15 is 0 Å². The molecule has 2 aliphatic rings. The Morgan fingerprint density at radius 3 is 1.61 bits per heavy atom. The van der Waals surface area contributed by atoms with Crippen LogP contribution in [-0.4, -0.2) is 50.8 Å². The summed E-state index contributed by atoms with van der Waals surface area (Å²) in [5.41, 5.74) is -1.45. The van der Waals surface area contributed by atoms with Crippen molar-refractivity contribution in [1.29, 1.82) is 0 Å². The van der Waals surface area contributed by atoms with E-state index in [1.165, 1.54) is 0 Å². The molecule has 23 heavy (non-hydrogen) atoms. The summed E-state index contributed by atoms with van der Waals surface area (Å²) in [5, 5.41) is 0. The highest BCUT2D eigenvalue weighted by Gasteiger charge is 2.52. The highest BCUT2D eigenvalue weighted by Crippen LogP contribution is 2.42. The van der Waals surface area contributed by atoms with E-state index in [1.807, 2.05) is 0 Å². The Kier molecular flexibility index (Phi) is 6.04. The molecule has 2 fully saturated rings. The molecule has 2 unspecified atom stereocenters. The van der Waals surface area contributed by atoms with Crippen LogP contribution in [0.25, 0.3) is 0 Å². The van der Waals surface area contributed by atoms with Crippen LogP contribution in [0.3, 0.4) is 0 Å². The van der Waals surface area contributed by atoms with E-state index < -0.39 is 11.2 Å². The fourth-order valence-corrected chi connectivity index (χ4v) is 2.79. The Bertz CT molecular complexity index is 430. The van der Waals surface area contributed by atoms with Crippen LogP contribution in [0.5, 0.6) is 0 Å². The van der Waals surface area contributed by atoms with Crippen LogP contribution >= 0.6 is 0 Å². The third-order valence-electron chi connectivity index (χ3n) is 4.11. The largest absolute Gasteiger partial charge is 0.495 e. The molecule has 0 aliphatic carbocycles. The SMILES string of the molecule is C=CCOCC1(OC2(COCC=C)CCOC2=C)CCOC1=C. The van der Waals surface area contributed by atoms with Crippen LogP contribution in [0.4, 0.5) is 0 Å². The molecule has 0 amide bonds. The van der Waals surface area contributed by atoms with E-state index in [-0.39, 0.29) is 0 Å². The summed E-state index contributed by atoms with van der Waals surface area (Å²) in [4.78, 5) is 0. The van der Waals surface area contributed by atoms with Crippen molar-refractivity contribution in [1.82, 2.24) is 0 Å². The molecular weight excluding hydrogens is 296 g/mol. The first-order valence-corrected chi connectivity index (χ1v) is 7.80. The third-order valence-corrected chi connectivity index (χ3v) is 4.11. The number of rotatable bonds is 10. The fraction of sp³-hybridized carbons (Fsp3) is 0.556. The topological polar surface area (TPSA) is 46.2 Å². The molecular formula is C18H26O5. The van der Waals surface area contributed by atoms with Crippen LogP contribution in [-0.2, 0) is 23.7 Å². The highest BCUT2D eigenvalue weighted by atomic mass is 16.6. The van der Waals surface area contributed by atoms with Gasteiger partial charge in [0.25, 0.3) is 0 Å². The molecule has 0 radical (unpaired) electrons. The molecule has 0 N–H and O–H groups in total. The van der Waals surface area contributed by atoms with Crippen molar-refractivity contribution in [2.24, 2.45) is 0 Å². The first kappa shape index (κ1) is 17.8. The summed E-state index contributed by atoms with van der Waals surface area (Å²) >= 11 is 0. The van der Waals surface area contributed by atoms with Gasteiger partial charge in [-0.25, -0.2) is 0 Å². The Morgan fingerprint density at radius 1 is 0.870 bits per heavy atom. The molecule has 0 aromatic heterocycles. The van der Waals surface area contributed by atoms with E-state index in [2.05, 4.69) is 26.3 Å². The molecule has 2 heterocycles. The van der Waals surface area contributed by atoms with Crippen LogP contribution in [0.15, 0.2) is 50.0 Å². The van der Waals surface area contributed by atoms with Gasteiger partial charge in [-0.15, -0.1) is 13.2 Å². The van der Waals surface area contributed by atoms with Gasteiger partial charge in [-0.05, 0) is 0 Å². The van der Waals surface area contributed by atoms with Gasteiger partial charge in [-0.3, -0.25) is 0 Å². The van der Waals surface area contributed by atoms with Crippen molar-refractivity contribution in [2.75, 3.05) is 39.6 Å². The van der Waals surface area contributed by atoms with Crippen molar-refractivity contribution < 1.29 is 23.7 Å². The average molecular weight is 322 g/mol. The zero-order valence-electron chi connectivity index (χ0n) is 13.7. The molecule has 2 atom stereocenters. The lowest BCUT2D eigenvalue weighted by atomic mass is 9.95. The summed E-state index contributed by atoms with van der Waals surface area (Å²) in [5.74, 6) is 1.15. The van der Waals surface area contributed by atoms with Gasteiger partial charge in [0.05, 0.1) is 39.6 Å². The van der Waals surface area contributed by atoms with Crippen LogP contribution < -0.4 is 0 Å². The van der Waals surface area contributed by atoms with E-state index in [0.717, 1.165) is 0 Å². The van der Waals surface area contributed by atoms with Gasteiger partial charge in [-0.2, -0.15) is 0 Å². The van der Waals surface area contributed by atoms with E-state index in [9.17, 15) is 0 Å². The third kappa shape index (κ3) is 3.86. The van der Waals surface area contributed by atoms with E-state index in [0.29, 0.717) is 64.0 Å². The average Bonchev–Trinajstić information content (AvgIpc) is 3.05. The minimum absolute atomic E-state index is 0.342. The first-order valence-electron chi connectivity index (χ1n) is 7.80. The number of ether oxygens (including phenoxy) is 5. The van der Waals surface area contributed by atoms with Crippen molar-refractivity contribution >= 4 is 0 Å². The molecule has 0 saturated carbocycles. The minimum Gasteiger partial charge on any atom is -0.495 e. The highest BCUT2D eigenvalue weighted by molar-refractivity contribution is 5.18. The fourth-order valence-electron chi connectivity index (χ4n) is 2.79. The molecule has 5 heteroatoms. The lowest BCUT2D eigenvalue weighted by Gasteiger charge is -2.38. The Morgan fingerprint density at radius 2 is 1.30 bits per heavy atom. The predicted octanol–water partition coefficient (Wildman–Crippen LogP) is 2.75. The van der Waals surface area contributed by atoms with Crippen molar-refractivity contribution in [3.63, 3.8) is 0 Å². The van der Waals surface area contributed by atoms with Crippen LogP contribution in [0, 0.1) is 0 Å². The second-order valence-corrected chi connectivity index (χ2v) is 5.74. The van der Waals surface area contributed by atoms with Gasteiger partial charge < -0.3 is 23.7 Å². The number of hydrogen-bond donors (Lipinski definition) is 0. The molecule has 0 aromatic carbocycles. The Balaban J connectivity index is 2.16. The lowest BCUT2D eigenvalue weighted by Crippen LogP contribution is -2.49. The smallest absolute Gasteiger partial charge is 0.152 e.